The van der Waals surface area contributed by atoms with Gasteiger partial charge in [0.15, 0.2) is 0 Å². The number of carbonyl (C=O) groups is 1. The van der Waals surface area contributed by atoms with Gasteiger partial charge in [0.25, 0.3) is 0 Å². The Hall–Kier alpha value is 0.290. The van der Waals surface area contributed by atoms with E-state index in [9.17, 15) is 18.0 Å². The van der Waals surface area contributed by atoms with Crippen molar-refractivity contribution in [2.24, 2.45) is 0 Å². The Labute approximate surface area is 81.2 Å². The van der Waals surface area contributed by atoms with Gasteiger partial charge < -0.3 is 0 Å². The van der Waals surface area contributed by atoms with Crippen LogP contribution in [-0.2, 0) is 4.79 Å². The molecule has 0 radical (unpaired) electrons. The van der Waals surface area contributed by atoms with Crippen LogP contribution in [0.5, 0.6) is 0 Å². The lowest BCUT2D eigenvalue weighted by molar-refractivity contribution is -0.118. The van der Waals surface area contributed by atoms with Crippen molar-refractivity contribution < 1.29 is 18.0 Å². The zero-order valence-corrected chi connectivity index (χ0v) is 8.94. The fraction of sp³-hybridized carbons (Fsp3) is 0.833. The van der Waals surface area contributed by atoms with E-state index in [1.54, 1.807) is 0 Å². The van der Waals surface area contributed by atoms with Crippen LogP contribution in [0.2, 0.25) is 0 Å². The first kappa shape index (κ1) is 12.3. The molecule has 0 bridgehead atoms. The summed E-state index contributed by atoms with van der Waals surface area (Å²) in [5.41, 5.74) is -4.37. The molecule has 0 heterocycles. The van der Waals surface area contributed by atoms with Gasteiger partial charge in [-0.05, 0) is 25.6 Å². The molecule has 0 rings (SSSR count). The SMILES string of the molecule is CC(=O)C(C)(CBr)SC(F)(F)F. The van der Waals surface area contributed by atoms with E-state index in [1.807, 2.05) is 0 Å². The van der Waals surface area contributed by atoms with Crippen LogP contribution in [0.3, 0.4) is 0 Å². The van der Waals surface area contributed by atoms with Crippen molar-refractivity contribution in [3.05, 3.63) is 0 Å². The Kier molecular flexibility index (Phi) is 4.10. The van der Waals surface area contributed by atoms with Crippen LogP contribution in [0, 0.1) is 0 Å². The number of hydrogen-bond acceptors (Lipinski definition) is 2. The summed E-state index contributed by atoms with van der Waals surface area (Å²) in [6.45, 7) is 2.42. The van der Waals surface area contributed by atoms with Gasteiger partial charge in [0, 0.05) is 5.33 Å². The number of thioether (sulfide) groups is 1. The van der Waals surface area contributed by atoms with Crippen molar-refractivity contribution in [3.63, 3.8) is 0 Å². The minimum absolute atomic E-state index is 0.000486. The van der Waals surface area contributed by atoms with Crippen molar-refractivity contribution in [2.45, 2.75) is 24.1 Å². The summed E-state index contributed by atoms with van der Waals surface area (Å²) in [7, 11) is 0. The average molecular weight is 265 g/mol. The quantitative estimate of drug-likeness (QED) is 0.730. The summed E-state index contributed by atoms with van der Waals surface area (Å²) in [5.74, 6) is -0.485. The van der Waals surface area contributed by atoms with E-state index in [1.165, 1.54) is 6.92 Å². The first-order valence-corrected chi connectivity index (χ1v) is 4.99. The normalized spacial score (nSPS) is 17.2. The van der Waals surface area contributed by atoms with Gasteiger partial charge in [-0.2, -0.15) is 13.2 Å². The van der Waals surface area contributed by atoms with Gasteiger partial charge in [0.05, 0.1) is 4.75 Å². The third kappa shape index (κ3) is 3.80. The number of alkyl halides is 4. The number of halogens is 4. The first-order chi connectivity index (χ1) is 5.21. The maximum atomic E-state index is 11.9. The maximum Gasteiger partial charge on any atom is 0.442 e. The highest BCUT2D eigenvalue weighted by atomic mass is 79.9. The molecule has 0 fully saturated rings. The Bertz CT molecular complexity index is 182. The Morgan fingerprint density at radius 2 is 1.92 bits per heavy atom. The molecule has 0 aliphatic rings. The summed E-state index contributed by atoms with van der Waals surface area (Å²) in [4.78, 5) is 10.8. The van der Waals surface area contributed by atoms with E-state index in [2.05, 4.69) is 15.9 Å². The van der Waals surface area contributed by atoms with Gasteiger partial charge in [0.2, 0.25) is 0 Å². The third-order valence-corrected chi connectivity index (χ3v) is 3.95. The predicted molar refractivity (Wildman–Crippen MR) is 46.5 cm³/mol. The second kappa shape index (κ2) is 4.00. The maximum absolute atomic E-state index is 11.9. The van der Waals surface area contributed by atoms with Crippen LogP contribution in [-0.4, -0.2) is 21.4 Å². The molecule has 1 nitrogen and oxygen atoms in total. The number of ketones is 1. The van der Waals surface area contributed by atoms with E-state index < -0.39 is 16.0 Å². The molecule has 0 aliphatic carbocycles. The number of Topliss-reactive ketones (excluding diaryl/α,β-unsaturated/α-hetero) is 1. The number of rotatable bonds is 3. The standard InChI is InChI=1S/C6H8BrF3OS/c1-4(11)5(2,3-7)12-6(8,9)10/h3H2,1-2H3. The third-order valence-electron chi connectivity index (χ3n) is 1.34. The lowest BCUT2D eigenvalue weighted by Gasteiger charge is -2.24. The van der Waals surface area contributed by atoms with Gasteiger partial charge in [-0.15, -0.1) is 0 Å². The van der Waals surface area contributed by atoms with Crippen LogP contribution < -0.4 is 0 Å². The summed E-state index contributed by atoms with van der Waals surface area (Å²) in [6.07, 6.45) is 0. The van der Waals surface area contributed by atoms with Crippen molar-refractivity contribution >= 4 is 33.5 Å². The van der Waals surface area contributed by atoms with Crippen LogP contribution in [0.4, 0.5) is 13.2 Å². The monoisotopic (exact) mass is 264 g/mol. The van der Waals surface area contributed by atoms with E-state index in [-0.39, 0.29) is 17.1 Å². The van der Waals surface area contributed by atoms with Crippen LogP contribution >= 0.6 is 27.7 Å². The van der Waals surface area contributed by atoms with Gasteiger partial charge in [-0.3, -0.25) is 4.79 Å². The highest BCUT2D eigenvalue weighted by molar-refractivity contribution is 9.09. The highest BCUT2D eigenvalue weighted by Crippen LogP contribution is 2.41. The number of hydrogen-bond donors (Lipinski definition) is 0. The van der Waals surface area contributed by atoms with Crippen LogP contribution in [0.25, 0.3) is 0 Å². The van der Waals surface area contributed by atoms with Crippen molar-refractivity contribution in [3.8, 4) is 0 Å². The van der Waals surface area contributed by atoms with E-state index in [0.29, 0.717) is 0 Å². The summed E-state index contributed by atoms with van der Waals surface area (Å²) in [6, 6.07) is 0. The molecule has 0 amide bonds. The van der Waals surface area contributed by atoms with Crippen molar-refractivity contribution in [2.75, 3.05) is 5.33 Å². The fourth-order valence-electron chi connectivity index (χ4n) is 0.449. The first-order valence-electron chi connectivity index (χ1n) is 3.05. The zero-order chi connectivity index (χ0) is 9.99. The fourth-order valence-corrected chi connectivity index (χ4v) is 1.90. The summed E-state index contributed by atoms with van der Waals surface area (Å²) >= 11 is 2.60. The second-order valence-electron chi connectivity index (χ2n) is 2.47. The molecule has 6 heteroatoms. The number of carbonyl (C=O) groups excluding carboxylic acids is 1. The lowest BCUT2D eigenvalue weighted by atomic mass is 10.1. The molecule has 1 unspecified atom stereocenters. The van der Waals surface area contributed by atoms with Crippen LogP contribution in [0.1, 0.15) is 13.8 Å². The van der Waals surface area contributed by atoms with Gasteiger partial charge >= 0.3 is 5.51 Å². The Morgan fingerprint density at radius 3 is 2.00 bits per heavy atom. The smallest absolute Gasteiger partial charge is 0.298 e. The molecule has 1 atom stereocenters. The van der Waals surface area contributed by atoms with Gasteiger partial charge in [0.1, 0.15) is 5.78 Å². The molecule has 0 N–H and O–H groups in total. The molecule has 0 saturated carbocycles. The van der Waals surface area contributed by atoms with Crippen LogP contribution in [0.15, 0.2) is 0 Å². The Morgan fingerprint density at radius 1 is 1.50 bits per heavy atom. The molecule has 12 heavy (non-hydrogen) atoms. The molecular weight excluding hydrogens is 257 g/mol. The van der Waals surface area contributed by atoms with E-state index >= 15 is 0 Å². The molecule has 0 aromatic carbocycles. The second-order valence-corrected chi connectivity index (χ2v) is 4.60. The summed E-state index contributed by atoms with van der Waals surface area (Å²) < 4.78 is 34.3. The Balaban J connectivity index is 4.46. The lowest BCUT2D eigenvalue weighted by Crippen LogP contribution is -2.34. The molecule has 0 aliphatic heterocycles. The molecule has 0 saturated heterocycles. The molecule has 0 aromatic heterocycles. The highest BCUT2D eigenvalue weighted by Gasteiger charge is 2.42. The van der Waals surface area contributed by atoms with E-state index in [4.69, 9.17) is 0 Å². The minimum atomic E-state index is -4.37. The summed E-state index contributed by atoms with van der Waals surface area (Å²) in [5, 5.41) is -0.000486. The topological polar surface area (TPSA) is 17.1 Å². The van der Waals surface area contributed by atoms with Gasteiger partial charge in [-0.1, -0.05) is 15.9 Å². The minimum Gasteiger partial charge on any atom is -0.298 e. The van der Waals surface area contributed by atoms with Crippen molar-refractivity contribution in [1.82, 2.24) is 0 Å². The largest absolute Gasteiger partial charge is 0.442 e. The predicted octanol–water partition coefficient (Wildman–Crippen LogP) is 2.98. The molecule has 0 spiro atoms. The molecule has 0 aromatic rings. The zero-order valence-electron chi connectivity index (χ0n) is 6.54. The molecular formula is C6H8BrF3OS. The average Bonchev–Trinajstić information content (AvgIpc) is 1.83. The van der Waals surface area contributed by atoms with Gasteiger partial charge in [-0.25, -0.2) is 0 Å². The van der Waals surface area contributed by atoms with E-state index in [0.717, 1.165) is 6.92 Å². The molecule has 72 valence electrons. The van der Waals surface area contributed by atoms with Crippen molar-refractivity contribution in [1.29, 1.82) is 0 Å².